The van der Waals surface area contributed by atoms with E-state index in [9.17, 15) is 9.90 Å². The number of ether oxygens (including phenoxy) is 1. The number of amides is 1. The van der Waals surface area contributed by atoms with E-state index in [1.54, 1.807) is 0 Å². The van der Waals surface area contributed by atoms with Gasteiger partial charge in [0, 0.05) is 11.3 Å². The molecule has 0 spiro atoms. The first-order chi connectivity index (χ1) is 10.2. The standard InChI is InChI=1S/C17H15NO3/c19-16-8-11-7-10(5-6-14(11)18-16)17(20)13-9-21-15-4-2-1-3-12(13)15/h1-7,13,17,20H,8-9H2,(H,18,19). The van der Waals surface area contributed by atoms with E-state index in [1.807, 2.05) is 42.5 Å². The zero-order valence-electron chi connectivity index (χ0n) is 11.4. The number of aliphatic hydroxyl groups is 1. The van der Waals surface area contributed by atoms with Crippen LogP contribution in [0.3, 0.4) is 0 Å². The van der Waals surface area contributed by atoms with Gasteiger partial charge in [0.25, 0.3) is 0 Å². The summed E-state index contributed by atoms with van der Waals surface area (Å²) in [6.45, 7) is 0.481. The van der Waals surface area contributed by atoms with Gasteiger partial charge in [0.05, 0.1) is 25.0 Å². The largest absolute Gasteiger partial charge is 0.493 e. The summed E-state index contributed by atoms with van der Waals surface area (Å²) >= 11 is 0. The van der Waals surface area contributed by atoms with Crippen molar-refractivity contribution in [2.24, 2.45) is 0 Å². The summed E-state index contributed by atoms with van der Waals surface area (Å²) in [5.41, 5.74) is 3.66. The number of benzene rings is 2. The summed E-state index contributed by atoms with van der Waals surface area (Å²) in [5, 5.41) is 13.5. The van der Waals surface area contributed by atoms with E-state index in [2.05, 4.69) is 5.32 Å². The molecule has 0 saturated carbocycles. The van der Waals surface area contributed by atoms with Crippen LogP contribution in [0.2, 0.25) is 0 Å². The highest BCUT2D eigenvalue weighted by atomic mass is 16.5. The zero-order chi connectivity index (χ0) is 14.4. The molecule has 2 heterocycles. The van der Waals surface area contributed by atoms with E-state index in [1.165, 1.54) is 0 Å². The smallest absolute Gasteiger partial charge is 0.228 e. The number of aliphatic hydroxyl groups excluding tert-OH is 1. The quantitative estimate of drug-likeness (QED) is 0.888. The number of carbonyl (C=O) groups excluding carboxylic acids is 1. The summed E-state index contributed by atoms with van der Waals surface area (Å²) in [6.07, 6.45) is -0.247. The summed E-state index contributed by atoms with van der Waals surface area (Å²) in [5.74, 6) is 0.787. The van der Waals surface area contributed by atoms with Crippen LogP contribution in [0.5, 0.6) is 5.75 Å². The number of rotatable bonds is 2. The molecule has 2 N–H and O–H groups in total. The second kappa shape index (κ2) is 4.60. The average molecular weight is 281 g/mol. The van der Waals surface area contributed by atoms with Crippen LogP contribution < -0.4 is 10.1 Å². The molecule has 4 nitrogen and oxygen atoms in total. The maximum absolute atomic E-state index is 11.4. The first-order valence-corrected chi connectivity index (χ1v) is 7.05. The number of nitrogens with one attached hydrogen (secondary N) is 1. The summed E-state index contributed by atoms with van der Waals surface area (Å²) in [7, 11) is 0. The Hall–Kier alpha value is -2.33. The van der Waals surface area contributed by atoms with Gasteiger partial charge in [0.15, 0.2) is 0 Å². The number of anilines is 1. The Kier molecular flexibility index (Phi) is 2.72. The van der Waals surface area contributed by atoms with Crippen LogP contribution in [0.4, 0.5) is 5.69 Å². The Morgan fingerprint density at radius 1 is 1.24 bits per heavy atom. The minimum absolute atomic E-state index is 0.00573. The van der Waals surface area contributed by atoms with Crippen LogP contribution >= 0.6 is 0 Å². The molecular formula is C17H15NO3. The Balaban J connectivity index is 1.66. The summed E-state index contributed by atoms with van der Waals surface area (Å²) in [4.78, 5) is 11.4. The molecule has 2 aliphatic rings. The third-order valence-electron chi connectivity index (χ3n) is 4.21. The molecule has 0 aromatic heterocycles. The molecule has 0 bridgehead atoms. The fourth-order valence-corrected chi connectivity index (χ4v) is 3.11. The van der Waals surface area contributed by atoms with Crippen molar-refractivity contribution in [1.29, 1.82) is 0 Å². The van der Waals surface area contributed by atoms with Crippen LogP contribution in [0.15, 0.2) is 42.5 Å². The van der Waals surface area contributed by atoms with Crippen molar-refractivity contribution >= 4 is 11.6 Å². The van der Waals surface area contributed by atoms with E-state index >= 15 is 0 Å². The molecule has 106 valence electrons. The first kappa shape index (κ1) is 12.4. The molecule has 2 aliphatic heterocycles. The number of hydrogen-bond acceptors (Lipinski definition) is 3. The van der Waals surface area contributed by atoms with Gasteiger partial charge in [-0.1, -0.05) is 30.3 Å². The monoisotopic (exact) mass is 281 g/mol. The Bertz CT molecular complexity index is 726. The van der Waals surface area contributed by atoms with Gasteiger partial charge < -0.3 is 15.2 Å². The third kappa shape index (κ3) is 1.99. The highest BCUT2D eigenvalue weighted by Crippen LogP contribution is 2.41. The van der Waals surface area contributed by atoms with E-state index < -0.39 is 6.10 Å². The molecule has 2 unspecified atom stereocenters. The van der Waals surface area contributed by atoms with Crippen molar-refractivity contribution in [1.82, 2.24) is 0 Å². The lowest BCUT2D eigenvalue weighted by molar-refractivity contribution is -0.115. The number of carbonyl (C=O) groups is 1. The van der Waals surface area contributed by atoms with Crippen molar-refractivity contribution in [2.75, 3.05) is 11.9 Å². The molecule has 2 aromatic carbocycles. The van der Waals surface area contributed by atoms with Crippen molar-refractivity contribution in [2.45, 2.75) is 18.4 Å². The van der Waals surface area contributed by atoms with Crippen molar-refractivity contribution in [3.8, 4) is 5.75 Å². The first-order valence-electron chi connectivity index (χ1n) is 7.05. The van der Waals surface area contributed by atoms with Gasteiger partial charge in [0.1, 0.15) is 5.75 Å². The van der Waals surface area contributed by atoms with E-state index in [0.717, 1.165) is 28.1 Å². The molecule has 21 heavy (non-hydrogen) atoms. The minimum Gasteiger partial charge on any atom is -0.493 e. The van der Waals surface area contributed by atoms with E-state index in [0.29, 0.717) is 13.0 Å². The van der Waals surface area contributed by atoms with Gasteiger partial charge in [-0.3, -0.25) is 4.79 Å². The second-order valence-corrected chi connectivity index (χ2v) is 5.54. The lowest BCUT2D eigenvalue weighted by Gasteiger charge is -2.18. The lowest BCUT2D eigenvalue weighted by atomic mass is 9.90. The molecule has 0 radical (unpaired) electrons. The topological polar surface area (TPSA) is 58.6 Å². The molecule has 0 aliphatic carbocycles. The number of para-hydroxylation sites is 1. The van der Waals surface area contributed by atoms with Gasteiger partial charge in [-0.05, 0) is 23.3 Å². The van der Waals surface area contributed by atoms with Gasteiger partial charge >= 0.3 is 0 Å². The van der Waals surface area contributed by atoms with Crippen LogP contribution in [-0.4, -0.2) is 17.6 Å². The van der Waals surface area contributed by atoms with Crippen LogP contribution in [0.25, 0.3) is 0 Å². The molecule has 4 rings (SSSR count). The molecule has 2 atom stereocenters. The average Bonchev–Trinajstić information content (AvgIpc) is 3.07. The summed E-state index contributed by atoms with van der Waals surface area (Å²) in [6, 6.07) is 13.5. The van der Waals surface area contributed by atoms with Gasteiger partial charge in [-0.2, -0.15) is 0 Å². The van der Waals surface area contributed by atoms with Crippen molar-refractivity contribution in [3.05, 3.63) is 59.2 Å². The SMILES string of the molecule is O=C1Cc2cc(C(O)C3COc4ccccc43)ccc2N1. The number of fused-ring (bicyclic) bond motifs is 2. The zero-order valence-corrected chi connectivity index (χ0v) is 11.4. The highest BCUT2D eigenvalue weighted by Gasteiger charge is 2.31. The molecule has 2 aromatic rings. The predicted octanol–water partition coefficient (Wildman–Crippen LogP) is 2.39. The fraction of sp³-hybridized carbons (Fsp3) is 0.235. The number of hydrogen-bond donors (Lipinski definition) is 2. The van der Waals surface area contributed by atoms with Crippen molar-refractivity contribution in [3.63, 3.8) is 0 Å². The van der Waals surface area contributed by atoms with Gasteiger partial charge in [-0.25, -0.2) is 0 Å². The summed E-state index contributed by atoms with van der Waals surface area (Å²) < 4.78 is 5.64. The molecule has 4 heteroatoms. The molecule has 0 fully saturated rings. The van der Waals surface area contributed by atoms with Gasteiger partial charge in [0.2, 0.25) is 5.91 Å². The van der Waals surface area contributed by atoms with Crippen LogP contribution in [0.1, 0.15) is 28.7 Å². The Morgan fingerprint density at radius 2 is 2.10 bits per heavy atom. The molecule has 0 saturated heterocycles. The maximum Gasteiger partial charge on any atom is 0.228 e. The van der Waals surface area contributed by atoms with Crippen LogP contribution in [-0.2, 0) is 11.2 Å². The lowest BCUT2D eigenvalue weighted by Crippen LogP contribution is -2.12. The Labute approximate surface area is 122 Å². The molecule has 1 amide bonds. The highest BCUT2D eigenvalue weighted by molar-refractivity contribution is 5.99. The second-order valence-electron chi connectivity index (χ2n) is 5.54. The minimum atomic E-state index is -0.630. The Morgan fingerprint density at radius 3 is 3.00 bits per heavy atom. The third-order valence-corrected chi connectivity index (χ3v) is 4.21. The van der Waals surface area contributed by atoms with Crippen LogP contribution in [0, 0.1) is 0 Å². The van der Waals surface area contributed by atoms with E-state index in [-0.39, 0.29) is 11.8 Å². The molecular weight excluding hydrogens is 266 g/mol. The van der Waals surface area contributed by atoms with E-state index in [4.69, 9.17) is 4.74 Å². The van der Waals surface area contributed by atoms with Crippen molar-refractivity contribution < 1.29 is 14.6 Å². The fourth-order valence-electron chi connectivity index (χ4n) is 3.11. The maximum atomic E-state index is 11.4. The van der Waals surface area contributed by atoms with Gasteiger partial charge in [-0.15, -0.1) is 0 Å². The normalized spacial score (nSPS) is 20.4. The predicted molar refractivity (Wildman–Crippen MR) is 78.4 cm³/mol.